The van der Waals surface area contributed by atoms with Crippen molar-refractivity contribution in [3.05, 3.63) is 28.8 Å². The summed E-state index contributed by atoms with van der Waals surface area (Å²) >= 11 is 5.33. The van der Waals surface area contributed by atoms with Gasteiger partial charge in [-0.2, -0.15) is 0 Å². The van der Waals surface area contributed by atoms with Gasteiger partial charge in [-0.05, 0) is 49.5 Å². The maximum Gasteiger partial charge on any atom is 0.178 e. The van der Waals surface area contributed by atoms with E-state index in [-0.39, 0.29) is 5.82 Å². The van der Waals surface area contributed by atoms with Crippen molar-refractivity contribution in [3.8, 4) is 0 Å². The molecule has 0 aliphatic heterocycles. The van der Waals surface area contributed by atoms with Crippen molar-refractivity contribution < 1.29 is 4.39 Å². The molecule has 0 saturated heterocycles. The van der Waals surface area contributed by atoms with E-state index in [0.29, 0.717) is 16.3 Å². The first kappa shape index (κ1) is 11.0. The lowest BCUT2D eigenvalue weighted by molar-refractivity contribution is 0.500. The van der Waals surface area contributed by atoms with Gasteiger partial charge < -0.3 is 9.55 Å². The lowest BCUT2D eigenvalue weighted by atomic mass is 10.1. The summed E-state index contributed by atoms with van der Waals surface area (Å²) < 4.78 is 16.4. The summed E-state index contributed by atoms with van der Waals surface area (Å²) in [6.07, 6.45) is 3.51. The van der Waals surface area contributed by atoms with Crippen molar-refractivity contribution in [2.45, 2.75) is 32.2 Å². The lowest BCUT2D eigenvalue weighted by Crippen LogP contribution is -2.05. The van der Waals surface area contributed by atoms with Gasteiger partial charge in [0, 0.05) is 6.04 Å². The van der Waals surface area contributed by atoms with Crippen LogP contribution in [0.2, 0.25) is 0 Å². The highest BCUT2D eigenvalue weighted by Gasteiger charge is 2.25. The minimum atomic E-state index is -0.224. The molecule has 0 radical (unpaired) electrons. The average molecular weight is 250 g/mol. The number of imidazole rings is 1. The van der Waals surface area contributed by atoms with Crippen molar-refractivity contribution in [2.24, 2.45) is 5.92 Å². The third kappa shape index (κ3) is 1.71. The van der Waals surface area contributed by atoms with Crippen LogP contribution in [0, 0.1) is 16.5 Å². The van der Waals surface area contributed by atoms with Crippen LogP contribution in [0.15, 0.2) is 18.2 Å². The van der Waals surface area contributed by atoms with Crippen LogP contribution in [-0.4, -0.2) is 9.55 Å². The zero-order valence-corrected chi connectivity index (χ0v) is 10.6. The molecule has 2 aromatic rings. The summed E-state index contributed by atoms with van der Waals surface area (Å²) in [5.74, 6) is 0.513. The average Bonchev–Trinajstić information content (AvgIpc) is 2.82. The number of H-pyrrole nitrogens is 1. The molecule has 4 heteroatoms. The minimum Gasteiger partial charge on any atom is -0.328 e. The minimum absolute atomic E-state index is 0.224. The number of nitrogens with zero attached hydrogens (tertiary/aromatic N) is 1. The predicted molar refractivity (Wildman–Crippen MR) is 69.1 cm³/mol. The van der Waals surface area contributed by atoms with Crippen LogP contribution in [0.1, 0.15) is 32.2 Å². The molecule has 2 atom stereocenters. The summed E-state index contributed by atoms with van der Waals surface area (Å²) in [4.78, 5) is 2.99. The Hall–Kier alpha value is -1.16. The fourth-order valence-electron chi connectivity index (χ4n) is 2.89. The van der Waals surface area contributed by atoms with Crippen LogP contribution in [0.25, 0.3) is 11.0 Å². The maximum atomic E-state index is 13.7. The molecule has 1 aromatic heterocycles. The standard InChI is InChI=1S/C13H15FN2S/c1-8-5-6-9(7-8)16-11-4-2-3-10(14)12(11)15-13(16)17/h2-4,8-9H,5-7H2,1H3,(H,15,17). The number of hydrogen-bond donors (Lipinski definition) is 1. The second-order valence-electron chi connectivity index (χ2n) is 5.01. The number of rotatable bonds is 1. The molecule has 1 fully saturated rings. The van der Waals surface area contributed by atoms with Crippen LogP contribution in [0.5, 0.6) is 0 Å². The molecule has 90 valence electrons. The van der Waals surface area contributed by atoms with E-state index in [1.54, 1.807) is 6.07 Å². The van der Waals surface area contributed by atoms with Crippen LogP contribution < -0.4 is 0 Å². The van der Waals surface area contributed by atoms with Crippen molar-refractivity contribution in [1.82, 2.24) is 9.55 Å². The molecule has 17 heavy (non-hydrogen) atoms. The van der Waals surface area contributed by atoms with E-state index in [4.69, 9.17) is 12.2 Å². The number of nitrogens with one attached hydrogen (secondary N) is 1. The number of fused-ring (bicyclic) bond motifs is 1. The van der Waals surface area contributed by atoms with Gasteiger partial charge in [-0.3, -0.25) is 0 Å². The molecular weight excluding hydrogens is 235 g/mol. The van der Waals surface area contributed by atoms with Gasteiger partial charge in [-0.25, -0.2) is 4.39 Å². The predicted octanol–water partition coefficient (Wildman–Crippen LogP) is 4.20. The fourth-order valence-corrected chi connectivity index (χ4v) is 3.24. The molecular formula is C13H15FN2S. The molecule has 1 aromatic carbocycles. The van der Waals surface area contributed by atoms with Crippen LogP contribution in [-0.2, 0) is 0 Å². The summed E-state index contributed by atoms with van der Waals surface area (Å²) in [5, 5.41) is 0. The number of halogens is 1. The Morgan fingerprint density at radius 1 is 1.41 bits per heavy atom. The third-order valence-electron chi connectivity index (χ3n) is 3.73. The van der Waals surface area contributed by atoms with Crippen molar-refractivity contribution >= 4 is 23.3 Å². The molecule has 1 N–H and O–H groups in total. The Morgan fingerprint density at radius 3 is 2.94 bits per heavy atom. The van der Waals surface area contributed by atoms with E-state index in [2.05, 4.69) is 16.5 Å². The van der Waals surface area contributed by atoms with Gasteiger partial charge in [-0.1, -0.05) is 13.0 Å². The van der Waals surface area contributed by atoms with Crippen LogP contribution in [0.3, 0.4) is 0 Å². The number of benzene rings is 1. The first-order valence-electron chi connectivity index (χ1n) is 6.05. The summed E-state index contributed by atoms with van der Waals surface area (Å²) in [6.45, 7) is 2.26. The van der Waals surface area contributed by atoms with Gasteiger partial charge in [0.15, 0.2) is 4.77 Å². The van der Waals surface area contributed by atoms with Crippen LogP contribution in [0.4, 0.5) is 4.39 Å². The summed E-state index contributed by atoms with van der Waals surface area (Å²) in [5.41, 5.74) is 1.44. The lowest BCUT2D eigenvalue weighted by Gasteiger charge is -2.12. The first-order chi connectivity index (χ1) is 8.16. The molecule has 0 amide bonds. The normalized spacial score (nSPS) is 24.6. The van der Waals surface area contributed by atoms with E-state index >= 15 is 0 Å². The van der Waals surface area contributed by atoms with E-state index in [9.17, 15) is 4.39 Å². The number of aromatic amines is 1. The van der Waals surface area contributed by atoms with Crippen molar-refractivity contribution in [3.63, 3.8) is 0 Å². The molecule has 1 saturated carbocycles. The Morgan fingerprint density at radius 2 is 2.24 bits per heavy atom. The maximum absolute atomic E-state index is 13.7. The van der Waals surface area contributed by atoms with Gasteiger partial charge >= 0.3 is 0 Å². The highest BCUT2D eigenvalue weighted by Crippen LogP contribution is 2.36. The molecule has 1 aliphatic carbocycles. The molecule has 3 rings (SSSR count). The largest absolute Gasteiger partial charge is 0.328 e. The molecule has 1 aliphatic rings. The molecule has 0 bridgehead atoms. The van der Waals surface area contributed by atoms with Gasteiger partial charge in [0.2, 0.25) is 0 Å². The van der Waals surface area contributed by atoms with Gasteiger partial charge in [-0.15, -0.1) is 0 Å². The first-order valence-corrected chi connectivity index (χ1v) is 6.46. The van der Waals surface area contributed by atoms with Crippen LogP contribution >= 0.6 is 12.2 Å². The highest BCUT2D eigenvalue weighted by molar-refractivity contribution is 7.71. The number of hydrogen-bond acceptors (Lipinski definition) is 1. The Balaban J connectivity index is 2.19. The SMILES string of the molecule is CC1CCC(n2c(=S)[nH]c3c(F)cccc32)C1. The Bertz CT molecular complexity index is 613. The summed E-state index contributed by atoms with van der Waals surface area (Å²) in [6, 6.07) is 5.57. The third-order valence-corrected chi connectivity index (χ3v) is 4.03. The second-order valence-corrected chi connectivity index (χ2v) is 5.39. The van der Waals surface area contributed by atoms with E-state index in [0.717, 1.165) is 24.3 Å². The number of aromatic nitrogens is 2. The van der Waals surface area contributed by atoms with Crippen molar-refractivity contribution in [1.29, 1.82) is 0 Å². The zero-order valence-electron chi connectivity index (χ0n) is 9.74. The van der Waals surface area contributed by atoms with Gasteiger partial charge in [0.05, 0.1) is 5.52 Å². The quantitative estimate of drug-likeness (QED) is 0.752. The molecule has 2 nitrogen and oxygen atoms in total. The topological polar surface area (TPSA) is 20.7 Å². The smallest absolute Gasteiger partial charge is 0.178 e. The zero-order chi connectivity index (χ0) is 12.0. The van der Waals surface area contributed by atoms with E-state index in [1.807, 2.05) is 6.07 Å². The van der Waals surface area contributed by atoms with Crippen molar-refractivity contribution in [2.75, 3.05) is 0 Å². The Kier molecular flexibility index (Phi) is 2.54. The number of para-hydroxylation sites is 1. The van der Waals surface area contributed by atoms with E-state index in [1.165, 1.54) is 12.5 Å². The van der Waals surface area contributed by atoms with Gasteiger partial charge in [0.25, 0.3) is 0 Å². The molecule has 1 heterocycles. The molecule has 0 spiro atoms. The monoisotopic (exact) mass is 250 g/mol. The van der Waals surface area contributed by atoms with E-state index < -0.39 is 0 Å². The fraction of sp³-hybridized carbons (Fsp3) is 0.462. The second kappa shape index (κ2) is 3.95. The highest BCUT2D eigenvalue weighted by atomic mass is 32.1. The van der Waals surface area contributed by atoms with Gasteiger partial charge in [0.1, 0.15) is 11.3 Å². The summed E-state index contributed by atoms with van der Waals surface area (Å²) in [7, 11) is 0. The Labute approximate surface area is 104 Å². The molecule has 2 unspecified atom stereocenters.